The Morgan fingerprint density at radius 2 is 1.94 bits per heavy atom. The molecule has 2 rings (SSSR count). The second-order valence-corrected chi connectivity index (χ2v) is 4.17. The first-order valence-corrected chi connectivity index (χ1v) is 5.81. The van der Waals surface area contributed by atoms with Crippen molar-refractivity contribution >= 4 is 5.69 Å². The fourth-order valence-electron chi connectivity index (χ4n) is 1.76. The maximum Gasteiger partial charge on any atom is 0.122 e. The van der Waals surface area contributed by atoms with Crippen molar-refractivity contribution in [3.05, 3.63) is 53.6 Å². The summed E-state index contributed by atoms with van der Waals surface area (Å²) in [5.74, 6) is 1.69. The molecule has 0 saturated carbocycles. The van der Waals surface area contributed by atoms with Gasteiger partial charge in [-0.2, -0.15) is 0 Å². The fourth-order valence-corrected chi connectivity index (χ4v) is 1.76. The zero-order valence-corrected chi connectivity index (χ0v) is 10.6. The molecule has 0 amide bonds. The Morgan fingerprint density at radius 1 is 1.11 bits per heavy atom. The number of methoxy groups -OCH3 is 1. The highest BCUT2D eigenvalue weighted by molar-refractivity contribution is 5.47. The summed E-state index contributed by atoms with van der Waals surface area (Å²) >= 11 is 0. The molecule has 0 aliphatic rings. The third-order valence-electron chi connectivity index (χ3n) is 2.73. The largest absolute Gasteiger partial charge is 0.497 e. The van der Waals surface area contributed by atoms with Gasteiger partial charge in [0.1, 0.15) is 18.1 Å². The molecule has 0 aliphatic heterocycles. The van der Waals surface area contributed by atoms with Crippen LogP contribution < -0.4 is 15.2 Å². The maximum absolute atomic E-state index is 5.77. The number of nitrogens with two attached hydrogens (primary N) is 1. The lowest BCUT2D eigenvalue weighted by Crippen LogP contribution is -1.98. The highest BCUT2D eigenvalue weighted by Crippen LogP contribution is 2.22. The van der Waals surface area contributed by atoms with Crippen LogP contribution in [0.3, 0.4) is 0 Å². The van der Waals surface area contributed by atoms with E-state index in [1.807, 2.05) is 49.4 Å². The van der Waals surface area contributed by atoms with E-state index in [1.54, 1.807) is 7.11 Å². The van der Waals surface area contributed by atoms with Gasteiger partial charge in [-0.1, -0.05) is 12.1 Å². The zero-order chi connectivity index (χ0) is 13.0. The Morgan fingerprint density at radius 3 is 2.67 bits per heavy atom. The average Bonchev–Trinajstić information content (AvgIpc) is 2.38. The van der Waals surface area contributed by atoms with Crippen molar-refractivity contribution in [2.45, 2.75) is 13.5 Å². The summed E-state index contributed by atoms with van der Waals surface area (Å²) < 4.78 is 10.9. The van der Waals surface area contributed by atoms with Gasteiger partial charge in [0, 0.05) is 5.69 Å². The van der Waals surface area contributed by atoms with Crippen molar-refractivity contribution in [3.8, 4) is 11.5 Å². The number of nitrogen functional groups attached to an aromatic ring is 1. The number of aryl methyl sites for hydroxylation is 1. The van der Waals surface area contributed by atoms with Gasteiger partial charge in [-0.05, 0) is 48.4 Å². The number of hydrogen-bond acceptors (Lipinski definition) is 3. The van der Waals surface area contributed by atoms with Crippen molar-refractivity contribution in [2.24, 2.45) is 0 Å². The topological polar surface area (TPSA) is 44.5 Å². The molecule has 2 aromatic rings. The van der Waals surface area contributed by atoms with Crippen molar-refractivity contribution in [1.29, 1.82) is 0 Å². The predicted octanol–water partition coefficient (Wildman–Crippen LogP) is 3.16. The first-order chi connectivity index (χ1) is 8.69. The minimum atomic E-state index is 0.516. The van der Waals surface area contributed by atoms with Crippen LogP contribution in [0.1, 0.15) is 11.1 Å². The molecule has 0 saturated heterocycles. The molecule has 94 valence electrons. The van der Waals surface area contributed by atoms with Gasteiger partial charge in [0.2, 0.25) is 0 Å². The molecule has 2 aromatic carbocycles. The highest BCUT2D eigenvalue weighted by Gasteiger charge is 2.01. The van der Waals surface area contributed by atoms with Gasteiger partial charge in [-0.3, -0.25) is 0 Å². The molecule has 0 unspecified atom stereocenters. The molecule has 0 bridgehead atoms. The van der Waals surface area contributed by atoms with Gasteiger partial charge >= 0.3 is 0 Å². The third-order valence-corrected chi connectivity index (χ3v) is 2.73. The second kappa shape index (κ2) is 5.45. The minimum absolute atomic E-state index is 0.516. The van der Waals surface area contributed by atoms with E-state index < -0.39 is 0 Å². The molecule has 0 atom stereocenters. The van der Waals surface area contributed by atoms with Crippen LogP contribution >= 0.6 is 0 Å². The zero-order valence-electron chi connectivity index (χ0n) is 10.6. The summed E-state index contributed by atoms with van der Waals surface area (Å²) in [4.78, 5) is 0. The molecule has 0 fully saturated rings. The van der Waals surface area contributed by atoms with Gasteiger partial charge in [0.05, 0.1) is 7.11 Å². The number of rotatable bonds is 4. The van der Waals surface area contributed by atoms with Gasteiger partial charge in [0.15, 0.2) is 0 Å². The Balaban J connectivity index is 2.06. The molecule has 0 radical (unpaired) electrons. The van der Waals surface area contributed by atoms with E-state index in [0.29, 0.717) is 6.61 Å². The summed E-state index contributed by atoms with van der Waals surface area (Å²) in [6.45, 7) is 2.50. The number of anilines is 1. The van der Waals surface area contributed by atoms with Gasteiger partial charge in [-0.25, -0.2) is 0 Å². The van der Waals surface area contributed by atoms with Crippen molar-refractivity contribution in [1.82, 2.24) is 0 Å². The van der Waals surface area contributed by atoms with Crippen LogP contribution in [-0.4, -0.2) is 7.11 Å². The number of benzene rings is 2. The molecule has 18 heavy (non-hydrogen) atoms. The van der Waals surface area contributed by atoms with Crippen molar-refractivity contribution < 1.29 is 9.47 Å². The van der Waals surface area contributed by atoms with Gasteiger partial charge in [-0.15, -0.1) is 0 Å². The normalized spacial score (nSPS) is 10.1. The lowest BCUT2D eigenvalue weighted by Gasteiger charge is -2.10. The molecular formula is C15H17NO2. The fraction of sp³-hybridized carbons (Fsp3) is 0.200. The molecule has 3 heteroatoms. The average molecular weight is 243 g/mol. The van der Waals surface area contributed by atoms with Gasteiger partial charge in [0.25, 0.3) is 0 Å². The van der Waals surface area contributed by atoms with E-state index in [2.05, 4.69) is 0 Å². The Kier molecular flexibility index (Phi) is 3.72. The molecule has 2 N–H and O–H groups in total. The smallest absolute Gasteiger partial charge is 0.122 e. The molecule has 0 heterocycles. The minimum Gasteiger partial charge on any atom is -0.497 e. The van der Waals surface area contributed by atoms with Crippen LogP contribution in [0, 0.1) is 6.92 Å². The van der Waals surface area contributed by atoms with Crippen LogP contribution in [0.4, 0.5) is 5.69 Å². The summed E-state index contributed by atoms with van der Waals surface area (Å²) in [5, 5.41) is 0. The quantitative estimate of drug-likeness (QED) is 0.839. The molecular weight excluding hydrogens is 226 g/mol. The monoisotopic (exact) mass is 243 g/mol. The van der Waals surface area contributed by atoms with Crippen LogP contribution in [0.25, 0.3) is 0 Å². The van der Waals surface area contributed by atoms with Crippen molar-refractivity contribution in [3.63, 3.8) is 0 Å². The van der Waals surface area contributed by atoms with E-state index in [9.17, 15) is 0 Å². The third kappa shape index (κ3) is 2.94. The number of ether oxygens (including phenoxy) is 2. The number of hydrogen-bond donors (Lipinski definition) is 1. The van der Waals surface area contributed by atoms with Crippen LogP contribution in [0.15, 0.2) is 42.5 Å². The second-order valence-electron chi connectivity index (χ2n) is 4.17. The van der Waals surface area contributed by atoms with Crippen LogP contribution in [0.2, 0.25) is 0 Å². The lowest BCUT2D eigenvalue weighted by atomic mass is 10.2. The van der Waals surface area contributed by atoms with Crippen LogP contribution in [0.5, 0.6) is 11.5 Å². The summed E-state index contributed by atoms with van der Waals surface area (Å²) in [6, 6.07) is 13.5. The predicted molar refractivity (Wildman–Crippen MR) is 72.9 cm³/mol. The standard InChI is InChI=1S/C15H17NO2/c1-11-8-13(16)6-7-15(11)18-10-12-4-3-5-14(9-12)17-2/h3-9H,10,16H2,1-2H3. The Labute approximate surface area is 107 Å². The van der Waals surface area contributed by atoms with E-state index in [1.165, 1.54) is 0 Å². The van der Waals surface area contributed by atoms with Crippen LogP contribution in [-0.2, 0) is 6.61 Å². The van der Waals surface area contributed by atoms with Gasteiger partial charge < -0.3 is 15.2 Å². The summed E-state index contributed by atoms with van der Waals surface area (Å²) in [7, 11) is 1.66. The first kappa shape index (κ1) is 12.3. The highest BCUT2D eigenvalue weighted by atomic mass is 16.5. The lowest BCUT2D eigenvalue weighted by molar-refractivity contribution is 0.303. The molecule has 0 aliphatic carbocycles. The summed E-state index contributed by atoms with van der Waals surface area (Å²) in [5.41, 5.74) is 8.57. The molecule has 0 spiro atoms. The van der Waals surface area contributed by atoms with Crippen molar-refractivity contribution in [2.75, 3.05) is 12.8 Å². The molecule has 3 nitrogen and oxygen atoms in total. The SMILES string of the molecule is COc1cccc(COc2ccc(N)cc2C)c1. The van der Waals surface area contributed by atoms with E-state index in [4.69, 9.17) is 15.2 Å². The first-order valence-electron chi connectivity index (χ1n) is 5.81. The Hall–Kier alpha value is -2.16. The maximum atomic E-state index is 5.77. The molecule has 0 aromatic heterocycles. The summed E-state index contributed by atoms with van der Waals surface area (Å²) in [6.07, 6.45) is 0. The Bertz CT molecular complexity index is 538. The van der Waals surface area contributed by atoms with E-state index in [-0.39, 0.29) is 0 Å². The van der Waals surface area contributed by atoms with E-state index >= 15 is 0 Å². The van der Waals surface area contributed by atoms with E-state index in [0.717, 1.165) is 28.3 Å².